The zero-order valence-corrected chi connectivity index (χ0v) is 6.09. The van der Waals surface area contributed by atoms with Crippen LogP contribution < -0.4 is 0 Å². The predicted molar refractivity (Wildman–Crippen MR) is 36.0 cm³/mol. The molecule has 0 aromatic rings. The Hall–Kier alpha value is -0.930. The molecule has 0 aromatic carbocycles. The maximum absolute atomic E-state index is 10.2. The third-order valence-electron chi connectivity index (χ3n) is 1.33. The number of nitrogens with zero attached hydrogens (tertiary/aromatic N) is 1. The van der Waals surface area contributed by atoms with Gasteiger partial charge >= 0.3 is 0 Å². The van der Waals surface area contributed by atoms with E-state index in [0.717, 1.165) is 0 Å². The van der Waals surface area contributed by atoms with Crippen LogP contribution in [-0.4, -0.2) is 16.7 Å². The summed E-state index contributed by atoms with van der Waals surface area (Å²) in [5.74, 6) is 0. The number of nitro groups is 1. The van der Waals surface area contributed by atoms with E-state index in [1.54, 1.807) is 6.29 Å². The van der Waals surface area contributed by atoms with Crippen LogP contribution in [0, 0.1) is 10.1 Å². The van der Waals surface area contributed by atoms with Gasteiger partial charge in [-0.3, -0.25) is 14.9 Å². The maximum Gasteiger partial charge on any atom is 0.217 e. The number of hydrogen-bond donors (Lipinski definition) is 0. The summed E-state index contributed by atoms with van der Waals surface area (Å²) in [5.41, 5.74) is -0.989. The Morgan fingerprint density at radius 1 is 1.60 bits per heavy atom. The lowest BCUT2D eigenvalue weighted by Gasteiger charge is -2.12. The summed E-state index contributed by atoms with van der Waals surface area (Å²) >= 11 is 0. The fourth-order valence-corrected chi connectivity index (χ4v) is 0.448. The highest BCUT2D eigenvalue weighted by Crippen LogP contribution is 2.13. The van der Waals surface area contributed by atoms with Crippen molar-refractivity contribution in [1.29, 1.82) is 0 Å². The second-order valence-electron chi connectivity index (χ2n) is 2.71. The minimum absolute atomic E-state index is 0.133. The van der Waals surface area contributed by atoms with E-state index in [1.807, 2.05) is 0 Å². The van der Waals surface area contributed by atoms with E-state index in [2.05, 4.69) is 0 Å². The predicted octanol–water partition coefficient (Wildman–Crippen LogP) is 0.932. The zero-order chi connectivity index (χ0) is 8.20. The van der Waals surface area contributed by atoms with Gasteiger partial charge in [0.2, 0.25) is 5.54 Å². The summed E-state index contributed by atoms with van der Waals surface area (Å²) in [4.78, 5) is 19.5. The first-order chi connectivity index (χ1) is 4.50. The summed E-state index contributed by atoms with van der Waals surface area (Å²) in [5, 5.41) is 10.2. The van der Waals surface area contributed by atoms with Crippen molar-refractivity contribution < 1.29 is 9.72 Å². The summed E-state index contributed by atoms with van der Waals surface area (Å²) in [6.07, 6.45) is 2.01. The summed E-state index contributed by atoms with van der Waals surface area (Å²) < 4.78 is 0. The molecule has 0 aliphatic rings. The van der Waals surface area contributed by atoms with Crippen molar-refractivity contribution in [2.45, 2.75) is 32.2 Å². The lowest BCUT2D eigenvalue weighted by Crippen LogP contribution is -2.30. The number of rotatable bonds is 4. The molecule has 0 amide bonds. The normalized spacial score (nSPS) is 11.0. The third-order valence-corrected chi connectivity index (χ3v) is 1.33. The molecule has 0 spiro atoms. The fourth-order valence-electron chi connectivity index (χ4n) is 0.448. The molecular formula is C6H10NO3. The van der Waals surface area contributed by atoms with Crippen LogP contribution in [0.25, 0.3) is 0 Å². The molecule has 0 rings (SSSR count). The second kappa shape index (κ2) is 3.29. The Kier molecular flexibility index (Phi) is 2.99. The Morgan fingerprint density at radius 3 is 2.40 bits per heavy atom. The molecule has 0 aromatic heterocycles. The van der Waals surface area contributed by atoms with E-state index in [1.165, 1.54) is 13.8 Å². The smallest absolute Gasteiger partial charge is 0.217 e. The van der Waals surface area contributed by atoms with Crippen molar-refractivity contribution in [2.75, 3.05) is 0 Å². The van der Waals surface area contributed by atoms with Crippen molar-refractivity contribution in [3.63, 3.8) is 0 Å². The molecule has 10 heavy (non-hydrogen) atoms. The first kappa shape index (κ1) is 9.07. The first-order valence-electron chi connectivity index (χ1n) is 3.00. The van der Waals surface area contributed by atoms with E-state index in [9.17, 15) is 14.9 Å². The molecule has 0 heterocycles. The van der Waals surface area contributed by atoms with Crippen LogP contribution in [-0.2, 0) is 4.79 Å². The van der Waals surface area contributed by atoms with Gasteiger partial charge in [0.05, 0.1) is 0 Å². The molecule has 0 N–H and O–H groups in total. The Bertz CT molecular complexity index is 142. The monoisotopic (exact) mass is 144 g/mol. The lowest BCUT2D eigenvalue weighted by atomic mass is 10.0. The second-order valence-corrected chi connectivity index (χ2v) is 2.71. The zero-order valence-electron chi connectivity index (χ0n) is 6.09. The highest BCUT2D eigenvalue weighted by Gasteiger charge is 2.29. The minimum Gasteiger partial charge on any atom is -0.291 e. The van der Waals surface area contributed by atoms with E-state index in [0.29, 0.717) is 0 Å². The van der Waals surface area contributed by atoms with Gasteiger partial charge in [-0.25, -0.2) is 0 Å². The quantitative estimate of drug-likeness (QED) is 0.435. The molecule has 0 bridgehead atoms. The molecule has 4 heteroatoms. The number of hydrogen-bond acceptors (Lipinski definition) is 3. The van der Waals surface area contributed by atoms with Crippen molar-refractivity contribution in [2.24, 2.45) is 0 Å². The SMILES string of the molecule is CC(C)(CC[C]=O)[N+](=O)[O-]. The van der Waals surface area contributed by atoms with Crippen molar-refractivity contribution >= 4 is 6.29 Å². The molecule has 0 aliphatic carbocycles. The topological polar surface area (TPSA) is 60.2 Å². The van der Waals surface area contributed by atoms with Gasteiger partial charge in [0.15, 0.2) is 6.29 Å². The van der Waals surface area contributed by atoms with Crippen LogP contribution in [0.15, 0.2) is 0 Å². The van der Waals surface area contributed by atoms with E-state index < -0.39 is 5.54 Å². The van der Waals surface area contributed by atoms with Gasteiger partial charge < -0.3 is 0 Å². The van der Waals surface area contributed by atoms with Gasteiger partial charge in [-0.15, -0.1) is 0 Å². The van der Waals surface area contributed by atoms with Gasteiger partial charge in [0, 0.05) is 31.6 Å². The van der Waals surface area contributed by atoms with Crippen molar-refractivity contribution in [3.8, 4) is 0 Å². The molecule has 0 aliphatic heterocycles. The molecule has 0 saturated heterocycles. The van der Waals surface area contributed by atoms with Crippen LogP contribution in [0.3, 0.4) is 0 Å². The molecule has 1 radical (unpaired) electrons. The standard InChI is InChI=1S/C6H10NO3/c1-6(2,7(9)10)4-3-5-8/h3-4H2,1-2H3. The average molecular weight is 144 g/mol. The lowest BCUT2D eigenvalue weighted by molar-refractivity contribution is -0.561. The average Bonchev–Trinajstić information content (AvgIpc) is 1.84. The van der Waals surface area contributed by atoms with Gasteiger partial charge in [-0.1, -0.05) is 0 Å². The Labute approximate surface area is 59.4 Å². The Morgan fingerprint density at radius 2 is 2.10 bits per heavy atom. The van der Waals surface area contributed by atoms with Crippen LogP contribution in [0.2, 0.25) is 0 Å². The van der Waals surface area contributed by atoms with Gasteiger partial charge in [0.25, 0.3) is 0 Å². The molecule has 4 nitrogen and oxygen atoms in total. The van der Waals surface area contributed by atoms with E-state index >= 15 is 0 Å². The first-order valence-corrected chi connectivity index (χ1v) is 3.00. The maximum atomic E-state index is 10.2. The van der Waals surface area contributed by atoms with Gasteiger partial charge in [-0.05, 0) is 0 Å². The molecule has 0 fully saturated rings. The van der Waals surface area contributed by atoms with Crippen LogP contribution in [0.5, 0.6) is 0 Å². The van der Waals surface area contributed by atoms with Crippen LogP contribution >= 0.6 is 0 Å². The fraction of sp³-hybridized carbons (Fsp3) is 0.833. The van der Waals surface area contributed by atoms with Gasteiger partial charge in [0.1, 0.15) is 0 Å². The molecular weight excluding hydrogens is 134 g/mol. The molecule has 0 unspecified atom stereocenters. The van der Waals surface area contributed by atoms with Crippen LogP contribution in [0.1, 0.15) is 26.7 Å². The van der Waals surface area contributed by atoms with Crippen molar-refractivity contribution in [3.05, 3.63) is 10.1 Å². The highest BCUT2D eigenvalue weighted by atomic mass is 16.6. The summed E-state index contributed by atoms with van der Waals surface area (Å²) in [6, 6.07) is 0. The van der Waals surface area contributed by atoms with E-state index in [-0.39, 0.29) is 17.8 Å². The Balaban J connectivity index is 3.86. The largest absolute Gasteiger partial charge is 0.291 e. The number of carbonyl (C=O) groups excluding carboxylic acids is 1. The molecule has 57 valence electrons. The molecule has 0 atom stereocenters. The van der Waals surface area contributed by atoms with Gasteiger partial charge in [-0.2, -0.15) is 0 Å². The summed E-state index contributed by atoms with van der Waals surface area (Å²) in [6.45, 7) is 2.98. The van der Waals surface area contributed by atoms with Crippen molar-refractivity contribution in [1.82, 2.24) is 0 Å². The third kappa shape index (κ3) is 2.57. The van der Waals surface area contributed by atoms with E-state index in [4.69, 9.17) is 0 Å². The summed E-state index contributed by atoms with van der Waals surface area (Å²) in [7, 11) is 0. The minimum atomic E-state index is -0.989. The highest BCUT2D eigenvalue weighted by molar-refractivity contribution is 5.50. The van der Waals surface area contributed by atoms with Crippen LogP contribution in [0.4, 0.5) is 0 Å². The molecule has 0 saturated carbocycles.